The van der Waals surface area contributed by atoms with Crippen LogP contribution in [0.4, 0.5) is 0 Å². The minimum absolute atomic E-state index is 0. The minimum Gasteiger partial charge on any atom is -0.294 e. The molecular weight excluding hydrogens is 254 g/mol. The first-order valence-electron chi connectivity index (χ1n) is 7.72. The summed E-state index contributed by atoms with van der Waals surface area (Å²) in [5.41, 5.74) is 1.95. The van der Waals surface area contributed by atoms with E-state index < -0.39 is 0 Å². The lowest BCUT2D eigenvalue weighted by Gasteiger charge is -2.48. The number of nitrogens with zero attached hydrogens (tertiary/aromatic N) is 1. The van der Waals surface area contributed by atoms with Gasteiger partial charge in [-0.2, -0.15) is 0 Å². The Bertz CT molecular complexity index is 364. The van der Waals surface area contributed by atoms with E-state index in [0.717, 1.165) is 0 Å². The van der Waals surface area contributed by atoms with Gasteiger partial charge in [0.25, 0.3) is 0 Å². The minimum atomic E-state index is 0. The fourth-order valence-electron chi connectivity index (χ4n) is 3.99. The Morgan fingerprint density at radius 2 is 1.32 bits per heavy atom. The van der Waals surface area contributed by atoms with Gasteiger partial charge in [0, 0.05) is 5.54 Å². The first-order valence-corrected chi connectivity index (χ1v) is 7.72. The summed E-state index contributed by atoms with van der Waals surface area (Å²) in [6.45, 7) is 2.63. The summed E-state index contributed by atoms with van der Waals surface area (Å²) in [7, 11) is 0. The standard InChI is InChI=1S/C17H25N.ClH/c1-4-10-16(11-5-1)17(12-6-2-7-13-17)18-14-8-3-9-15-18;/h1,4-5,10-11H,2-3,6-9,12-15H2;1H. The molecule has 1 aliphatic heterocycles. The van der Waals surface area contributed by atoms with Crippen LogP contribution in [0.15, 0.2) is 30.3 Å². The fourth-order valence-corrected chi connectivity index (χ4v) is 3.99. The smallest absolute Gasteiger partial charge is 0.0460 e. The molecule has 1 aliphatic carbocycles. The van der Waals surface area contributed by atoms with Crippen molar-refractivity contribution >= 4 is 12.4 Å². The lowest BCUT2D eigenvalue weighted by molar-refractivity contribution is 0.0303. The molecule has 0 amide bonds. The molecule has 1 heterocycles. The van der Waals surface area contributed by atoms with E-state index >= 15 is 0 Å². The molecule has 0 aromatic heterocycles. The van der Waals surface area contributed by atoms with Crippen molar-refractivity contribution in [1.82, 2.24) is 4.90 Å². The summed E-state index contributed by atoms with van der Waals surface area (Å²) >= 11 is 0. The van der Waals surface area contributed by atoms with Gasteiger partial charge in [0.2, 0.25) is 0 Å². The molecule has 0 unspecified atom stereocenters. The second-order valence-electron chi connectivity index (χ2n) is 6.01. The van der Waals surface area contributed by atoms with E-state index in [2.05, 4.69) is 35.2 Å². The lowest BCUT2D eigenvalue weighted by Crippen LogP contribution is -2.49. The maximum absolute atomic E-state index is 2.81. The number of hydrogen-bond donors (Lipinski definition) is 0. The van der Waals surface area contributed by atoms with E-state index in [9.17, 15) is 0 Å². The van der Waals surface area contributed by atoms with Gasteiger partial charge in [-0.1, -0.05) is 56.0 Å². The molecule has 0 spiro atoms. The van der Waals surface area contributed by atoms with Crippen LogP contribution < -0.4 is 0 Å². The van der Waals surface area contributed by atoms with Gasteiger partial charge in [0.05, 0.1) is 0 Å². The second-order valence-corrected chi connectivity index (χ2v) is 6.01. The van der Waals surface area contributed by atoms with Crippen molar-refractivity contribution in [3.63, 3.8) is 0 Å². The predicted octanol–water partition coefficient (Wildman–Crippen LogP) is 4.75. The Kier molecular flexibility index (Phi) is 5.29. The summed E-state index contributed by atoms with van der Waals surface area (Å²) in [4.78, 5) is 2.81. The van der Waals surface area contributed by atoms with Crippen LogP contribution in [-0.4, -0.2) is 18.0 Å². The molecule has 0 bridgehead atoms. The van der Waals surface area contributed by atoms with Gasteiger partial charge in [-0.15, -0.1) is 12.4 Å². The predicted molar refractivity (Wildman–Crippen MR) is 83.9 cm³/mol. The molecule has 106 valence electrons. The molecule has 1 saturated carbocycles. The van der Waals surface area contributed by atoms with E-state index in [0.29, 0.717) is 5.54 Å². The van der Waals surface area contributed by atoms with Crippen LogP contribution in [0.2, 0.25) is 0 Å². The summed E-state index contributed by atoms with van der Waals surface area (Å²) in [6.07, 6.45) is 11.2. The molecule has 1 saturated heterocycles. The van der Waals surface area contributed by atoms with Crippen molar-refractivity contribution in [2.75, 3.05) is 13.1 Å². The SMILES string of the molecule is Cl.c1ccc(C2(N3CCCCC3)CCCCC2)cc1. The van der Waals surface area contributed by atoms with E-state index in [4.69, 9.17) is 0 Å². The Labute approximate surface area is 123 Å². The number of rotatable bonds is 2. The first-order chi connectivity index (χ1) is 8.92. The van der Waals surface area contributed by atoms with E-state index in [1.54, 1.807) is 5.56 Å². The third-order valence-electron chi connectivity index (χ3n) is 4.95. The van der Waals surface area contributed by atoms with Gasteiger partial charge in [-0.25, -0.2) is 0 Å². The highest BCUT2D eigenvalue weighted by atomic mass is 35.5. The largest absolute Gasteiger partial charge is 0.294 e. The molecule has 0 radical (unpaired) electrons. The van der Waals surface area contributed by atoms with Crippen LogP contribution in [0.5, 0.6) is 0 Å². The topological polar surface area (TPSA) is 3.24 Å². The summed E-state index contributed by atoms with van der Waals surface area (Å²) in [6, 6.07) is 11.3. The number of halogens is 1. The molecule has 1 nitrogen and oxygen atoms in total. The highest BCUT2D eigenvalue weighted by molar-refractivity contribution is 5.85. The molecule has 0 atom stereocenters. The van der Waals surface area contributed by atoms with Crippen molar-refractivity contribution in [1.29, 1.82) is 0 Å². The van der Waals surface area contributed by atoms with Gasteiger partial charge >= 0.3 is 0 Å². The van der Waals surface area contributed by atoms with Crippen LogP contribution in [0, 0.1) is 0 Å². The molecule has 1 aromatic carbocycles. The van der Waals surface area contributed by atoms with Crippen LogP contribution in [0.3, 0.4) is 0 Å². The average Bonchev–Trinajstić information content (AvgIpc) is 2.50. The summed E-state index contributed by atoms with van der Waals surface area (Å²) in [5, 5.41) is 0. The number of benzene rings is 1. The Morgan fingerprint density at radius 3 is 1.95 bits per heavy atom. The van der Waals surface area contributed by atoms with Crippen molar-refractivity contribution in [3.8, 4) is 0 Å². The van der Waals surface area contributed by atoms with Gasteiger partial charge in [-0.3, -0.25) is 4.90 Å². The molecule has 19 heavy (non-hydrogen) atoms. The monoisotopic (exact) mass is 279 g/mol. The molecule has 2 heteroatoms. The summed E-state index contributed by atoms with van der Waals surface area (Å²) in [5.74, 6) is 0. The zero-order valence-corrected chi connectivity index (χ0v) is 12.6. The quantitative estimate of drug-likeness (QED) is 0.755. The van der Waals surface area contributed by atoms with Gasteiger partial charge in [0.1, 0.15) is 0 Å². The maximum Gasteiger partial charge on any atom is 0.0460 e. The average molecular weight is 280 g/mol. The Morgan fingerprint density at radius 1 is 0.737 bits per heavy atom. The van der Waals surface area contributed by atoms with Gasteiger partial charge < -0.3 is 0 Å². The fraction of sp³-hybridized carbons (Fsp3) is 0.647. The third kappa shape index (κ3) is 2.98. The number of hydrogen-bond acceptors (Lipinski definition) is 1. The highest BCUT2D eigenvalue weighted by Crippen LogP contribution is 2.43. The number of piperidine rings is 1. The Balaban J connectivity index is 0.00000133. The molecule has 0 N–H and O–H groups in total. The normalized spacial score (nSPS) is 23.6. The zero-order valence-electron chi connectivity index (χ0n) is 11.8. The summed E-state index contributed by atoms with van der Waals surface area (Å²) < 4.78 is 0. The third-order valence-corrected chi connectivity index (χ3v) is 4.95. The van der Waals surface area contributed by atoms with E-state index in [-0.39, 0.29) is 12.4 Å². The Hall–Kier alpha value is -0.530. The van der Waals surface area contributed by atoms with Crippen LogP contribution in [-0.2, 0) is 5.54 Å². The number of likely N-dealkylation sites (tertiary alicyclic amines) is 1. The molecule has 2 fully saturated rings. The lowest BCUT2D eigenvalue weighted by atomic mass is 9.74. The molecular formula is C17H26ClN. The second kappa shape index (κ2) is 6.76. The van der Waals surface area contributed by atoms with Crippen LogP contribution in [0.1, 0.15) is 56.9 Å². The van der Waals surface area contributed by atoms with Gasteiger partial charge in [-0.05, 0) is 44.3 Å². The van der Waals surface area contributed by atoms with Crippen LogP contribution >= 0.6 is 12.4 Å². The van der Waals surface area contributed by atoms with Gasteiger partial charge in [0.15, 0.2) is 0 Å². The van der Waals surface area contributed by atoms with Crippen molar-refractivity contribution in [2.45, 2.75) is 56.9 Å². The first kappa shape index (κ1) is 14.9. The molecule has 1 aromatic rings. The highest BCUT2D eigenvalue weighted by Gasteiger charge is 2.39. The molecule has 2 aliphatic rings. The zero-order chi connectivity index (χ0) is 12.3. The van der Waals surface area contributed by atoms with Crippen LogP contribution in [0.25, 0.3) is 0 Å². The van der Waals surface area contributed by atoms with Crippen molar-refractivity contribution in [2.24, 2.45) is 0 Å². The van der Waals surface area contributed by atoms with Crippen molar-refractivity contribution < 1.29 is 0 Å². The van der Waals surface area contributed by atoms with E-state index in [1.165, 1.54) is 64.5 Å². The maximum atomic E-state index is 2.81. The molecule has 3 rings (SSSR count). The van der Waals surface area contributed by atoms with E-state index in [1.807, 2.05) is 0 Å². The van der Waals surface area contributed by atoms with Crippen molar-refractivity contribution in [3.05, 3.63) is 35.9 Å².